The number of hydrogen-bond donors (Lipinski definition) is 3. The molecule has 6 nitrogen and oxygen atoms in total. The van der Waals surface area contributed by atoms with Gasteiger partial charge in [-0.25, -0.2) is 0 Å². The summed E-state index contributed by atoms with van der Waals surface area (Å²) in [4.78, 5) is 26.6. The maximum atomic E-state index is 13.3. The lowest BCUT2D eigenvalue weighted by atomic mass is 9.69. The van der Waals surface area contributed by atoms with Crippen molar-refractivity contribution in [2.24, 2.45) is 11.8 Å². The molecule has 3 N–H and O–H groups in total. The smallest absolute Gasteiger partial charge is 0.457 e. The van der Waals surface area contributed by atoms with Crippen LogP contribution in [-0.4, -0.2) is 34.8 Å². The number of Topliss-reactive ketones (excluding diaryl/α,β-unsaturated/α-hetero) is 1. The van der Waals surface area contributed by atoms with Gasteiger partial charge in [0, 0.05) is 17.9 Å². The maximum Gasteiger partial charge on any atom is 0.475 e. The molecule has 36 heavy (non-hydrogen) atoms. The Hall–Kier alpha value is -3.42. The fourth-order valence-electron chi connectivity index (χ4n) is 4.50. The Kier molecular flexibility index (Phi) is 8.93. The van der Waals surface area contributed by atoms with E-state index in [1.807, 2.05) is 60.7 Å². The Morgan fingerprint density at radius 3 is 2.22 bits per heavy atom. The van der Waals surface area contributed by atoms with Crippen molar-refractivity contribution in [2.75, 3.05) is 0 Å². The van der Waals surface area contributed by atoms with E-state index in [-0.39, 0.29) is 18.1 Å². The van der Waals surface area contributed by atoms with E-state index in [1.54, 1.807) is 24.3 Å². The zero-order chi connectivity index (χ0) is 25.3. The van der Waals surface area contributed by atoms with Crippen molar-refractivity contribution in [3.05, 3.63) is 96.1 Å². The highest BCUT2D eigenvalue weighted by Gasteiger charge is 2.33. The fourth-order valence-corrected chi connectivity index (χ4v) is 4.50. The Balaban J connectivity index is 1.48. The average Bonchev–Trinajstić information content (AvgIpc) is 2.86. The lowest BCUT2D eigenvalue weighted by Crippen LogP contribution is -2.50. The second-order valence-corrected chi connectivity index (χ2v) is 9.52. The number of amides is 1. The number of nitrogens with one attached hydrogen (secondary N) is 1. The number of para-hydroxylation sites is 1. The van der Waals surface area contributed by atoms with Gasteiger partial charge >= 0.3 is 7.12 Å². The number of benzene rings is 3. The minimum absolute atomic E-state index is 0.00676. The van der Waals surface area contributed by atoms with Crippen LogP contribution in [0, 0.1) is 11.8 Å². The second-order valence-electron chi connectivity index (χ2n) is 9.52. The molecule has 0 bridgehead atoms. The fraction of sp³-hybridized carbons (Fsp3) is 0.310. The van der Waals surface area contributed by atoms with Gasteiger partial charge in [0.2, 0.25) is 5.91 Å². The summed E-state index contributed by atoms with van der Waals surface area (Å²) in [6, 6.07) is 25.8. The van der Waals surface area contributed by atoms with E-state index in [9.17, 15) is 19.6 Å². The van der Waals surface area contributed by atoms with E-state index in [0.29, 0.717) is 35.8 Å². The summed E-state index contributed by atoms with van der Waals surface area (Å²) in [5.41, 5.74) is 1.40. The van der Waals surface area contributed by atoms with E-state index >= 15 is 0 Å². The molecule has 1 aliphatic carbocycles. The van der Waals surface area contributed by atoms with Crippen LogP contribution in [0.1, 0.15) is 48.0 Å². The molecule has 2 atom stereocenters. The van der Waals surface area contributed by atoms with Gasteiger partial charge in [0.25, 0.3) is 0 Å². The summed E-state index contributed by atoms with van der Waals surface area (Å²) >= 11 is 0. The lowest BCUT2D eigenvalue weighted by Gasteiger charge is -2.30. The Morgan fingerprint density at radius 2 is 1.58 bits per heavy atom. The van der Waals surface area contributed by atoms with E-state index in [0.717, 1.165) is 24.8 Å². The summed E-state index contributed by atoms with van der Waals surface area (Å²) in [6.45, 7) is 0. The molecule has 7 heteroatoms. The molecule has 3 aromatic rings. The molecule has 0 heterocycles. The number of ketones is 1. The van der Waals surface area contributed by atoms with Crippen LogP contribution in [0.2, 0.25) is 0 Å². The van der Waals surface area contributed by atoms with Crippen LogP contribution in [-0.2, 0) is 11.2 Å². The van der Waals surface area contributed by atoms with Gasteiger partial charge in [-0.1, -0.05) is 79.9 Å². The van der Waals surface area contributed by atoms with Crippen LogP contribution >= 0.6 is 0 Å². The molecule has 1 fully saturated rings. The first-order valence-corrected chi connectivity index (χ1v) is 12.5. The highest BCUT2D eigenvalue weighted by atomic mass is 16.5. The highest BCUT2D eigenvalue weighted by molar-refractivity contribution is 6.43. The van der Waals surface area contributed by atoms with Crippen LogP contribution in [0.25, 0.3) is 0 Å². The Morgan fingerprint density at radius 1 is 0.917 bits per heavy atom. The molecule has 0 saturated heterocycles. The van der Waals surface area contributed by atoms with Gasteiger partial charge in [0.15, 0.2) is 5.78 Å². The zero-order valence-electron chi connectivity index (χ0n) is 20.3. The van der Waals surface area contributed by atoms with E-state index in [2.05, 4.69) is 5.32 Å². The SMILES string of the molecule is O=C(C[C@@H](Cc1ccccc1)C(=O)N[C@@H](CC1CCC1)B(O)O)c1cccc(Oc2ccccc2)c1. The third-order valence-corrected chi connectivity index (χ3v) is 6.76. The number of carbonyl (C=O) groups excluding carboxylic acids is 2. The highest BCUT2D eigenvalue weighted by Crippen LogP contribution is 2.31. The molecule has 0 spiro atoms. The third-order valence-electron chi connectivity index (χ3n) is 6.76. The molecule has 0 unspecified atom stereocenters. The van der Waals surface area contributed by atoms with Crippen molar-refractivity contribution in [1.29, 1.82) is 0 Å². The van der Waals surface area contributed by atoms with Gasteiger partial charge in [-0.05, 0) is 48.6 Å². The molecule has 0 aliphatic heterocycles. The first-order chi connectivity index (χ1) is 17.5. The Bertz CT molecular complexity index is 1130. The molecule has 0 aromatic heterocycles. The molecule has 3 aromatic carbocycles. The Labute approximate surface area is 212 Å². The monoisotopic (exact) mass is 485 g/mol. The largest absolute Gasteiger partial charge is 0.475 e. The molecule has 1 amide bonds. The van der Waals surface area contributed by atoms with Crippen LogP contribution in [0.4, 0.5) is 0 Å². The van der Waals surface area contributed by atoms with Crippen molar-refractivity contribution >= 4 is 18.8 Å². The van der Waals surface area contributed by atoms with Crippen molar-refractivity contribution in [3.63, 3.8) is 0 Å². The summed E-state index contributed by atoms with van der Waals surface area (Å²) in [7, 11) is -1.64. The minimum Gasteiger partial charge on any atom is -0.457 e. The molecule has 0 radical (unpaired) electrons. The number of hydrogen-bond acceptors (Lipinski definition) is 5. The third kappa shape index (κ3) is 7.29. The zero-order valence-corrected chi connectivity index (χ0v) is 20.3. The maximum absolute atomic E-state index is 13.3. The molecular formula is C29H32BNO5. The van der Waals surface area contributed by atoms with E-state index in [4.69, 9.17) is 4.74 Å². The number of rotatable bonds is 12. The van der Waals surface area contributed by atoms with Gasteiger partial charge < -0.3 is 20.1 Å². The van der Waals surface area contributed by atoms with Crippen LogP contribution in [0.15, 0.2) is 84.9 Å². The standard InChI is InChI=1S/C29H32BNO5/c32-27(23-13-8-16-26(19-23)36-25-14-5-2-6-15-25)20-24(17-21-9-3-1-4-10-21)29(33)31-28(30(34)35)18-22-11-7-12-22/h1-6,8-10,13-16,19,22,24,28,34-35H,7,11-12,17-18,20H2,(H,31,33)/t24-,28+/m1/s1. The predicted molar refractivity (Wildman–Crippen MR) is 140 cm³/mol. The predicted octanol–water partition coefficient (Wildman–Crippen LogP) is 4.60. The lowest BCUT2D eigenvalue weighted by molar-refractivity contribution is -0.125. The first kappa shape index (κ1) is 25.7. The van der Waals surface area contributed by atoms with Gasteiger partial charge in [0.1, 0.15) is 11.5 Å². The van der Waals surface area contributed by atoms with E-state index < -0.39 is 19.0 Å². The van der Waals surface area contributed by atoms with Gasteiger partial charge in [-0.15, -0.1) is 0 Å². The average molecular weight is 485 g/mol. The van der Waals surface area contributed by atoms with Gasteiger partial charge in [-0.3, -0.25) is 9.59 Å². The van der Waals surface area contributed by atoms with E-state index in [1.165, 1.54) is 0 Å². The molecule has 4 rings (SSSR count). The molecular weight excluding hydrogens is 453 g/mol. The minimum atomic E-state index is -1.64. The van der Waals surface area contributed by atoms with Crippen LogP contribution in [0.5, 0.6) is 11.5 Å². The van der Waals surface area contributed by atoms with Crippen molar-refractivity contribution in [1.82, 2.24) is 5.32 Å². The number of carbonyl (C=O) groups is 2. The van der Waals surface area contributed by atoms with Crippen LogP contribution in [0.3, 0.4) is 0 Å². The summed E-state index contributed by atoms with van der Waals surface area (Å²) in [5.74, 6) is -0.326. The van der Waals surface area contributed by atoms with Crippen LogP contribution < -0.4 is 10.1 Å². The summed E-state index contributed by atoms with van der Waals surface area (Å²) < 4.78 is 5.86. The number of ether oxygens (including phenoxy) is 1. The first-order valence-electron chi connectivity index (χ1n) is 12.5. The van der Waals surface area contributed by atoms with Crippen molar-refractivity contribution in [2.45, 2.75) is 44.5 Å². The topological polar surface area (TPSA) is 95.9 Å². The summed E-state index contributed by atoms with van der Waals surface area (Å²) in [5, 5.41) is 22.6. The molecule has 1 aliphatic rings. The van der Waals surface area contributed by atoms with Gasteiger partial charge in [0.05, 0.1) is 5.94 Å². The normalized spacial score (nSPS) is 14.8. The summed E-state index contributed by atoms with van der Waals surface area (Å²) in [6.07, 6.45) is 4.08. The molecule has 1 saturated carbocycles. The second kappa shape index (κ2) is 12.5. The molecule has 186 valence electrons. The van der Waals surface area contributed by atoms with Crippen molar-refractivity contribution < 1.29 is 24.4 Å². The van der Waals surface area contributed by atoms with Gasteiger partial charge in [-0.2, -0.15) is 0 Å². The quantitative estimate of drug-likeness (QED) is 0.258. The van der Waals surface area contributed by atoms with Crippen molar-refractivity contribution in [3.8, 4) is 11.5 Å².